The maximum atomic E-state index is 12.7. The molecule has 3 N–H and O–H groups in total. The molecule has 0 radical (unpaired) electrons. The second-order valence-corrected chi connectivity index (χ2v) is 7.13. The van der Waals surface area contributed by atoms with Crippen LogP contribution in [-0.2, 0) is 6.42 Å². The van der Waals surface area contributed by atoms with Crippen LogP contribution in [-0.4, -0.2) is 36.4 Å². The van der Waals surface area contributed by atoms with Crippen molar-refractivity contribution < 1.29 is 9.53 Å². The highest BCUT2D eigenvalue weighted by Crippen LogP contribution is 2.37. The van der Waals surface area contributed by atoms with E-state index >= 15 is 0 Å². The van der Waals surface area contributed by atoms with Gasteiger partial charge in [0.2, 0.25) is 0 Å². The Kier molecular flexibility index (Phi) is 7.15. The highest BCUT2D eigenvalue weighted by Gasteiger charge is 2.28. The number of ether oxygens (including phenoxy) is 1. The Bertz CT molecular complexity index is 754. The number of nitrogens with one attached hydrogen (secondary N) is 1. The topological polar surface area (TPSA) is 67.6 Å². The van der Waals surface area contributed by atoms with E-state index in [1.165, 1.54) is 5.56 Å². The first-order valence-corrected chi connectivity index (χ1v) is 10.0. The van der Waals surface area contributed by atoms with Crippen molar-refractivity contribution in [3.8, 4) is 5.75 Å². The van der Waals surface area contributed by atoms with Crippen molar-refractivity contribution >= 4 is 18.5 Å². The lowest BCUT2D eigenvalue weighted by molar-refractivity contribution is 0.0943. The molecule has 0 spiro atoms. The summed E-state index contributed by atoms with van der Waals surface area (Å²) in [4.78, 5) is 12.7. The normalized spacial score (nSPS) is 15.9. The van der Waals surface area contributed by atoms with Crippen molar-refractivity contribution in [3.05, 3.63) is 65.2 Å². The van der Waals surface area contributed by atoms with Gasteiger partial charge in [-0.3, -0.25) is 10.6 Å². The number of para-hydroxylation sites is 1. The third-order valence-electron chi connectivity index (χ3n) is 4.80. The summed E-state index contributed by atoms with van der Waals surface area (Å²) in [5, 5.41) is 4.84. The average molecular weight is 386 g/mol. The molecule has 1 aliphatic heterocycles. The van der Waals surface area contributed by atoms with Gasteiger partial charge < -0.3 is 10.1 Å². The third-order valence-corrected chi connectivity index (χ3v) is 5.12. The van der Waals surface area contributed by atoms with Crippen LogP contribution in [0.1, 0.15) is 40.4 Å². The van der Waals surface area contributed by atoms with Crippen molar-refractivity contribution in [1.82, 2.24) is 10.3 Å². The smallest absolute Gasteiger partial charge is 0.255 e. The Morgan fingerprint density at radius 2 is 2.04 bits per heavy atom. The van der Waals surface area contributed by atoms with E-state index in [2.05, 4.69) is 30.1 Å². The van der Waals surface area contributed by atoms with E-state index in [-0.39, 0.29) is 11.9 Å². The monoisotopic (exact) mass is 385 g/mol. The van der Waals surface area contributed by atoms with Gasteiger partial charge in [-0.25, -0.2) is 5.01 Å². The molecule has 0 fully saturated rings. The van der Waals surface area contributed by atoms with Gasteiger partial charge in [0.15, 0.2) is 0 Å². The summed E-state index contributed by atoms with van der Waals surface area (Å²) in [6.07, 6.45) is 2.53. The number of benzene rings is 2. The lowest BCUT2D eigenvalue weighted by Crippen LogP contribution is -2.39. The Labute approximate surface area is 166 Å². The summed E-state index contributed by atoms with van der Waals surface area (Å²) >= 11 is 4.26. The fraction of sp³-hybridized carbons (Fsp3) is 0.381. The van der Waals surface area contributed by atoms with Crippen LogP contribution in [0.25, 0.3) is 0 Å². The molecule has 0 saturated carbocycles. The van der Waals surface area contributed by atoms with E-state index in [0.29, 0.717) is 24.5 Å². The van der Waals surface area contributed by atoms with Crippen molar-refractivity contribution in [3.63, 3.8) is 0 Å². The number of hydrogen-bond acceptors (Lipinski definition) is 5. The molecule has 27 heavy (non-hydrogen) atoms. The summed E-state index contributed by atoms with van der Waals surface area (Å²) in [6.45, 7) is 1.91. The number of rotatable bonds is 8. The summed E-state index contributed by atoms with van der Waals surface area (Å²) in [5.41, 5.74) is 2.76. The van der Waals surface area contributed by atoms with Crippen LogP contribution in [0.3, 0.4) is 0 Å². The summed E-state index contributed by atoms with van der Waals surface area (Å²) in [7, 11) is 0. The zero-order valence-corrected chi connectivity index (χ0v) is 16.3. The first kappa shape index (κ1) is 19.7. The number of thiol groups is 1. The molecule has 3 rings (SSSR count). The van der Waals surface area contributed by atoms with Crippen LogP contribution in [0.4, 0.5) is 0 Å². The molecule has 1 amide bonds. The van der Waals surface area contributed by atoms with Crippen LogP contribution in [0.15, 0.2) is 48.5 Å². The standard InChI is InChI=1S/C21H27N3O2S/c22-24(13-5-15-27)19-11-14-26-20-17(19)8-4-9-18(20)21(25)23-12-10-16-6-2-1-3-7-16/h1-4,6-9,19,27H,5,10-15,22H2,(H,23,25). The number of nitrogens with zero attached hydrogens (tertiary/aromatic N) is 1. The Hall–Kier alpha value is -2.02. The molecule has 5 nitrogen and oxygen atoms in total. The zero-order chi connectivity index (χ0) is 19.1. The number of carbonyl (C=O) groups excluding carboxylic acids is 1. The van der Waals surface area contributed by atoms with Gasteiger partial charge in [-0.2, -0.15) is 12.6 Å². The third kappa shape index (κ3) is 5.03. The fourth-order valence-electron chi connectivity index (χ4n) is 3.40. The molecular weight excluding hydrogens is 358 g/mol. The fourth-order valence-corrected chi connectivity index (χ4v) is 3.54. The highest BCUT2D eigenvalue weighted by molar-refractivity contribution is 7.80. The summed E-state index contributed by atoms with van der Waals surface area (Å²) in [6, 6.07) is 15.9. The van der Waals surface area contributed by atoms with Gasteiger partial charge in [0.25, 0.3) is 5.91 Å². The van der Waals surface area contributed by atoms with Crippen LogP contribution >= 0.6 is 12.6 Å². The molecule has 0 aliphatic carbocycles. The van der Waals surface area contributed by atoms with E-state index in [0.717, 1.165) is 37.1 Å². The second-order valence-electron chi connectivity index (χ2n) is 6.68. The highest BCUT2D eigenvalue weighted by atomic mass is 32.1. The van der Waals surface area contributed by atoms with E-state index in [1.807, 2.05) is 41.4 Å². The minimum atomic E-state index is -0.109. The van der Waals surface area contributed by atoms with Gasteiger partial charge in [0.05, 0.1) is 18.2 Å². The largest absolute Gasteiger partial charge is 0.492 e. The Morgan fingerprint density at radius 3 is 2.81 bits per heavy atom. The summed E-state index contributed by atoms with van der Waals surface area (Å²) in [5.74, 6) is 7.61. The number of hydrazine groups is 1. The first-order valence-electron chi connectivity index (χ1n) is 9.40. The van der Waals surface area contributed by atoms with Gasteiger partial charge in [0.1, 0.15) is 5.75 Å². The molecule has 0 saturated heterocycles. The predicted molar refractivity (Wildman–Crippen MR) is 111 cm³/mol. The number of amides is 1. The summed E-state index contributed by atoms with van der Waals surface area (Å²) < 4.78 is 5.87. The van der Waals surface area contributed by atoms with Gasteiger partial charge in [0, 0.05) is 25.1 Å². The van der Waals surface area contributed by atoms with Crippen LogP contribution < -0.4 is 15.9 Å². The Balaban J connectivity index is 1.68. The molecule has 2 aromatic rings. The van der Waals surface area contributed by atoms with Crippen molar-refractivity contribution in [2.45, 2.75) is 25.3 Å². The van der Waals surface area contributed by atoms with Crippen molar-refractivity contribution in [1.29, 1.82) is 0 Å². The molecule has 1 unspecified atom stereocenters. The molecule has 2 aromatic carbocycles. The number of hydrogen-bond donors (Lipinski definition) is 3. The van der Waals surface area contributed by atoms with E-state index < -0.39 is 0 Å². The molecule has 0 bridgehead atoms. The van der Waals surface area contributed by atoms with Crippen LogP contribution in [0.5, 0.6) is 5.75 Å². The van der Waals surface area contributed by atoms with E-state index in [1.54, 1.807) is 0 Å². The predicted octanol–water partition coefficient (Wildman–Crippen LogP) is 2.98. The van der Waals surface area contributed by atoms with E-state index in [4.69, 9.17) is 10.6 Å². The second kappa shape index (κ2) is 9.78. The van der Waals surface area contributed by atoms with Crippen LogP contribution in [0, 0.1) is 0 Å². The molecule has 144 valence electrons. The molecule has 1 heterocycles. The molecular formula is C21H27N3O2S. The minimum absolute atomic E-state index is 0.0608. The SMILES string of the molecule is NN(CCCS)C1CCOc2c(C(=O)NCCc3ccccc3)cccc21. The minimum Gasteiger partial charge on any atom is -0.492 e. The molecule has 6 heteroatoms. The molecule has 1 atom stereocenters. The quantitative estimate of drug-likeness (QED) is 0.371. The van der Waals surface area contributed by atoms with Gasteiger partial charge in [-0.15, -0.1) is 0 Å². The number of fused-ring (bicyclic) bond motifs is 1. The lowest BCUT2D eigenvalue weighted by atomic mass is 9.96. The Morgan fingerprint density at radius 1 is 1.22 bits per heavy atom. The van der Waals surface area contributed by atoms with Crippen molar-refractivity contribution in [2.24, 2.45) is 5.84 Å². The zero-order valence-electron chi connectivity index (χ0n) is 15.4. The van der Waals surface area contributed by atoms with Crippen molar-refractivity contribution in [2.75, 3.05) is 25.4 Å². The molecule has 1 aliphatic rings. The van der Waals surface area contributed by atoms with Gasteiger partial charge >= 0.3 is 0 Å². The maximum Gasteiger partial charge on any atom is 0.255 e. The van der Waals surface area contributed by atoms with E-state index in [9.17, 15) is 4.79 Å². The van der Waals surface area contributed by atoms with Crippen LogP contribution in [0.2, 0.25) is 0 Å². The first-order chi connectivity index (χ1) is 13.2. The average Bonchev–Trinajstić information content (AvgIpc) is 2.71. The van der Waals surface area contributed by atoms with Gasteiger partial charge in [-0.05, 0) is 30.2 Å². The van der Waals surface area contributed by atoms with Gasteiger partial charge in [-0.1, -0.05) is 42.5 Å². The number of nitrogens with two attached hydrogens (primary N) is 1. The lowest BCUT2D eigenvalue weighted by Gasteiger charge is -2.33. The molecule has 0 aromatic heterocycles. The number of carbonyl (C=O) groups is 1. The maximum absolute atomic E-state index is 12.7.